The summed E-state index contributed by atoms with van der Waals surface area (Å²) in [5, 5.41) is 0. The molecule has 0 spiro atoms. The molecule has 0 unspecified atom stereocenters. The predicted molar refractivity (Wildman–Crippen MR) is 95.5 cm³/mol. The van der Waals surface area contributed by atoms with Crippen molar-refractivity contribution < 1.29 is 8.42 Å². The second-order valence-electron chi connectivity index (χ2n) is 4.97. The molecule has 0 aromatic heterocycles. The molecule has 126 valence electrons. The SMILES string of the molecule is Cc1ccc(NS(=O)(=O)c2ccc(N=C(N)N=C(N)N)cc2)cc1. The standard InChI is InChI=1S/C15H18N6O2S/c1-10-2-4-12(5-3-10)21-24(22,23)13-8-6-11(7-9-13)19-15(18)20-14(16)17/h2-9,21H,1H3,(H6,16,17,18,19,20). The van der Waals surface area contributed by atoms with Gasteiger partial charge in [-0.15, -0.1) is 0 Å². The fourth-order valence-electron chi connectivity index (χ4n) is 1.83. The number of anilines is 1. The van der Waals surface area contributed by atoms with Crippen LogP contribution in [-0.4, -0.2) is 20.3 Å². The average Bonchev–Trinajstić information content (AvgIpc) is 2.49. The molecule has 0 radical (unpaired) electrons. The Morgan fingerprint density at radius 1 is 0.958 bits per heavy atom. The second kappa shape index (κ2) is 7.01. The average molecular weight is 346 g/mol. The molecule has 2 aromatic carbocycles. The minimum Gasteiger partial charge on any atom is -0.370 e. The van der Waals surface area contributed by atoms with E-state index in [4.69, 9.17) is 17.2 Å². The van der Waals surface area contributed by atoms with Gasteiger partial charge in [-0.1, -0.05) is 17.7 Å². The minimum absolute atomic E-state index is 0.0995. The second-order valence-corrected chi connectivity index (χ2v) is 6.65. The highest BCUT2D eigenvalue weighted by Crippen LogP contribution is 2.20. The first-order valence-corrected chi connectivity index (χ1v) is 8.38. The van der Waals surface area contributed by atoms with Crippen LogP contribution >= 0.6 is 0 Å². The summed E-state index contributed by atoms with van der Waals surface area (Å²) in [6, 6.07) is 12.9. The molecule has 0 aliphatic rings. The lowest BCUT2D eigenvalue weighted by Gasteiger charge is -2.08. The summed E-state index contributed by atoms with van der Waals surface area (Å²) in [5.74, 6) is -0.332. The monoisotopic (exact) mass is 346 g/mol. The Kier molecular flexibility index (Phi) is 5.05. The van der Waals surface area contributed by atoms with Gasteiger partial charge in [-0.3, -0.25) is 4.72 Å². The molecule has 2 rings (SSSR count). The van der Waals surface area contributed by atoms with Gasteiger partial charge in [0, 0.05) is 5.69 Å². The van der Waals surface area contributed by atoms with Crippen molar-refractivity contribution in [3.63, 3.8) is 0 Å². The van der Waals surface area contributed by atoms with Crippen molar-refractivity contribution in [2.75, 3.05) is 4.72 Å². The third-order valence-corrected chi connectivity index (χ3v) is 4.34. The summed E-state index contributed by atoms with van der Waals surface area (Å²) in [5.41, 5.74) is 17.8. The van der Waals surface area contributed by atoms with Crippen LogP contribution in [0.2, 0.25) is 0 Å². The largest absolute Gasteiger partial charge is 0.370 e. The van der Waals surface area contributed by atoms with E-state index in [2.05, 4.69) is 14.7 Å². The number of aliphatic imine (C=N–C) groups is 2. The minimum atomic E-state index is -3.69. The van der Waals surface area contributed by atoms with Gasteiger partial charge < -0.3 is 17.2 Å². The Morgan fingerprint density at radius 3 is 2.08 bits per heavy atom. The zero-order valence-corrected chi connectivity index (χ0v) is 13.8. The van der Waals surface area contributed by atoms with E-state index in [1.807, 2.05) is 19.1 Å². The Balaban J connectivity index is 2.20. The number of aryl methyl sites for hydroxylation is 1. The molecule has 0 bridgehead atoms. The van der Waals surface area contributed by atoms with E-state index in [1.54, 1.807) is 12.1 Å². The van der Waals surface area contributed by atoms with Gasteiger partial charge in [0.25, 0.3) is 10.0 Å². The normalized spacial score (nSPS) is 11.8. The Hall–Kier alpha value is -3.07. The van der Waals surface area contributed by atoms with Gasteiger partial charge in [-0.25, -0.2) is 13.4 Å². The number of rotatable bonds is 4. The highest BCUT2D eigenvalue weighted by Gasteiger charge is 2.13. The number of nitrogens with two attached hydrogens (primary N) is 3. The van der Waals surface area contributed by atoms with Crippen LogP contribution < -0.4 is 21.9 Å². The molecule has 24 heavy (non-hydrogen) atoms. The molecule has 0 amide bonds. The fourth-order valence-corrected chi connectivity index (χ4v) is 2.88. The van der Waals surface area contributed by atoms with Crippen LogP contribution in [0.3, 0.4) is 0 Å². The summed E-state index contributed by atoms with van der Waals surface area (Å²) in [7, 11) is -3.69. The zero-order valence-electron chi connectivity index (χ0n) is 13.0. The van der Waals surface area contributed by atoms with Gasteiger partial charge in [0.15, 0.2) is 5.96 Å². The number of benzene rings is 2. The Labute approximate surface area is 140 Å². The number of sulfonamides is 1. The lowest BCUT2D eigenvalue weighted by atomic mass is 10.2. The maximum Gasteiger partial charge on any atom is 0.261 e. The summed E-state index contributed by atoms with van der Waals surface area (Å²) in [4.78, 5) is 7.62. The predicted octanol–water partition coefficient (Wildman–Crippen LogP) is 1.02. The van der Waals surface area contributed by atoms with Gasteiger partial charge in [0.05, 0.1) is 10.6 Å². The first-order valence-electron chi connectivity index (χ1n) is 6.89. The third kappa shape index (κ3) is 4.71. The quantitative estimate of drug-likeness (QED) is 0.481. The Morgan fingerprint density at radius 2 is 1.54 bits per heavy atom. The molecule has 0 saturated carbocycles. The van der Waals surface area contributed by atoms with Gasteiger partial charge in [-0.2, -0.15) is 4.99 Å². The third-order valence-electron chi connectivity index (χ3n) is 2.94. The van der Waals surface area contributed by atoms with E-state index < -0.39 is 10.0 Å². The van der Waals surface area contributed by atoms with Gasteiger partial charge in [0.1, 0.15) is 0 Å². The fraction of sp³-hybridized carbons (Fsp3) is 0.0667. The van der Waals surface area contributed by atoms with Crippen LogP contribution in [0.4, 0.5) is 11.4 Å². The molecule has 8 nitrogen and oxygen atoms in total. The molecular formula is C15H18N6O2S. The van der Waals surface area contributed by atoms with Crippen molar-refractivity contribution in [2.45, 2.75) is 11.8 Å². The first-order chi connectivity index (χ1) is 11.3. The summed E-state index contributed by atoms with van der Waals surface area (Å²) in [6.07, 6.45) is 0. The van der Waals surface area contributed by atoms with Gasteiger partial charge >= 0.3 is 0 Å². The molecule has 0 heterocycles. The number of hydrogen-bond donors (Lipinski definition) is 4. The topological polar surface area (TPSA) is 149 Å². The van der Waals surface area contributed by atoms with Crippen molar-refractivity contribution in [1.82, 2.24) is 0 Å². The van der Waals surface area contributed by atoms with E-state index in [9.17, 15) is 8.42 Å². The van der Waals surface area contributed by atoms with E-state index >= 15 is 0 Å². The number of guanidine groups is 2. The van der Waals surface area contributed by atoms with E-state index in [1.165, 1.54) is 24.3 Å². The van der Waals surface area contributed by atoms with Crippen LogP contribution in [0.5, 0.6) is 0 Å². The van der Waals surface area contributed by atoms with Gasteiger partial charge in [-0.05, 0) is 43.3 Å². The van der Waals surface area contributed by atoms with E-state index in [0.717, 1.165) is 5.56 Å². The van der Waals surface area contributed by atoms with E-state index in [-0.39, 0.29) is 16.8 Å². The van der Waals surface area contributed by atoms with Crippen molar-refractivity contribution in [2.24, 2.45) is 27.2 Å². The Bertz CT molecular complexity index is 867. The molecule has 0 atom stereocenters. The first kappa shape index (κ1) is 17.3. The van der Waals surface area contributed by atoms with Gasteiger partial charge in [0.2, 0.25) is 5.96 Å². The highest BCUT2D eigenvalue weighted by atomic mass is 32.2. The van der Waals surface area contributed by atoms with Crippen LogP contribution in [0.25, 0.3) is 0 Å². The molecule has 0 aliphatic heterocycles. The van der Waals surface area contributed by atoms with Crippen LogP contribution in [0.1, 0.15) is 5.56 Å². The number of hydrogen-bond acceptors (Lipinski definition) is 3. The van der Waals surface area contributed by atoms with Crippen molar-refractivity contribution in [1.29, 1.82) is 0 Å². The molecule has 0 saturated heterocycles. The summed E-state index contributed by atoms with van der Waals surface area (Å²) >= 11 is 0. The molecule has 0 fully saturated rings. The zero-order chi connectivity index (χ0) is 17.7. The lowest BCUT2D eigenvalue weighted by molar-refractivity contribution is 0.601. The van der Waals surface area contributed by atoms with Crippen LogP contribution in [-0.2, 0) is 10.0 Å². The molecule has 7 N–H and O–H groups in total. The number of nitrogens with zero attached hydrogens (tertiary/aromatic N) is 2. The van der Waals surface area contributed by atoms with Crippen LogP contribution in [0, 0.1) is 6.92 Å². The van der Waals surface area contributed by atoms with E-state index in [0.29, 0.717) is 11.4 Å². The maximum absolute atomic E-state index is 12.3. The lowest BCUT2D eigenvalue weighted by Crippen LogP contribution is -2.26. The van der Waals surface area contributed by atoms with Crippen molar-refractivity contribution >= 4 is 33.3 Å². The maximum atomic E-state index is 12.3. The van der Waals surface area contributed by atoms with Crippen molar-refractivity contribution in [3.8, 4) is 0 Å². The number of nitrogens with one attached hydrogen (secondary N) is 1. The molecule has 2 aromatic rings. The summed E-state index contributed by atoms with van der Waals surface area (Å²) in [6.45, 7) is 1.92. The van der Waals surface area contributed by atoms with Crippen molar-refractivity contribution in [3.05, 3.63) is 54.1 Å². The van der Waals surface area contributed by atoms with Crippen LogP contribution in [0.15, 0.2) is 63.4 Å². The molecular weight excluding hydrogens is 328 g/mol. The smallest absolute Gasteiger partial charge is 0.261 e. The highest BCUT2D eigenvalue weighted by molar-refractivity contribution is 7.92. The molecule has 0 aliphatic carbocycles. The summed E-state index contributed by atoms with van der Waals surface area (Å²) < 4.78 is 27.2. The molecule has 9 heteroatoms.